The topological polar surface area (TPSA) is 203 Å². The van der Waals surface area contributed by atoms with Crippen molar-refractivity contribution >= 4 is 57.8 Å². The van der Waals surface area contributed by atoms with Gasteiger partial charge in [-0.05, 0) is 18.6 Å². The molecule has 0 bridgehead atoms. The maximum Gasteiger partial charge on any atom is 0.352 e. The molecule has 3 rings (SSSR count). The fraction of sp³-hybridized carbons (Fsp3) is 0.450. The number of carboxylic acid groups (broad SMARTS) is 1. The Labute approximate surface area is 218 Å². The smallest absolute Gasteiger partial charge is 0.352 e. The molecule has 1 aromatic rings. The molecule has 0 spiro atoms. The minimum Gasteiger partial charge on any atom is -0.477 e. The lowest BCUT2D eigenvalue weighted by atomic mass is 10.0. The van der Waals surface area contributed by atoms with Crippen LogP contribution in [0.3, 0.4) is 0 Å². The molecule has 0 aliphatic carbocycles. The van der Waals surface area contributed by atoms with Crippen molar-refractivity contribution in [2.24, 2.45) is 10.9 Å². The quantitative estimate of drug-likeness (QED) is 0.107. The monoisotopic (exact) mass is 559 g/mol. The average molecular weight is 560 g/mol. The van der Waals surface area contributed by atoms with Crippen molar-refractivity contribution in [2.45, 2.75) is 18.3 Å². The predicted molar refractivity (Wildman–Crippen MR) is 132 cm³/mol. The Morgan fingerprint density at radius 1 is 1.49 bits per heavy atom. The molecule has 1 fully saturated rings. The number of quaternary nitrogens is 1. The van der Waals surface area contributed by atoms with Crippen molar-refractivity contribution in [1.82, 2.24) is 19.6 Å². The highest BCUT2D eigenvalue weighted by atomic mass is 32.2. The molecular weight excluding hydrogens is 533 g/mol. The summed E-state index contributed by atoms with van der Waals surface area (Å²) in [5.41, 5.74) is 10.6. The van der Waals surface area contributed by atoms with Crippen molar-refractivity contribution in [3.63, 3.8) is 0 Å². The molecule has 2 aliphatic rings. The van der Waals surface area contributed by atoms with Gasteiger partial charge in [-0.3, -0.25) is 19.3 Å². The first-order valence-electron chi connectivity index (χ1n) is 10.9. The van der Waals surface area contributed by atoms with E-state index in [0.29, 0.717) is 23.1 Å². The molecule has 200 valence electrons. The molecule has 6 N–H and O–H groups in total. The summed E-state index contributed by atoms with van der Waals surface area (Å²) in [6.07, 6.45) is 3.37. The molecule has 14 nitrogen and oxygen atoms in total. The number of aliphatic carboxylic acids is 1. The number of allylic oxidation sites excluding steroid dienone is 1. The van der Waals surface area contributed by atoms with Crippen molar-refractivity contribution in [2.75, 3.05) is 45.0 Å². The van der Waals surface area contributed by atoms with Gasteiger partial charge in [0.1, 0.15) is 17.1 Å². The van der Waals surface area contributed by atoms with E-state index >= 15 is 0 Å². The SMILES string of the molecule is CC[N+](C)(C/C=C/C1=C(C(=O)O)N2C(=O)[C@@H](NC(=O)/C(=N/OCF)c3nsc(N)n3)[C@H]2SC1)C[14C](N)=O. The first kappa shape index (κ1) is 28.0. The van der Waals surface area contributed by atoms with Crippen LogP contribution in [0.2, 0.25) is 0 Å². The number of anilines is 1. The van der Waals surface area contributed by atoms with E-state index < -0.39 is 47.7 Å². The zero-order valence-electron chi connectivity index (χ0n) is 19.9. The van der Waals surface area contributed by atoms with Crippen molar-refractivity contribution < 1.29 is 38.0 Å². The zero-order valence-corrected chi connectivity index (χ0v) is 21.6. The maximum atomic E-state index is 12.9. The van der Waals surface area contributed by atoms with Gasteiger partial charge in [0.2, 0.25) is 11.5 Å². The molecule has 1 aromatic heterocycles. The lowest BCUT2D eigenvalue weighted by Crippen LogP contribution is -2.71. The van der Waals surface area contributed by atoms with Crippen LogP contribution >= 0.6 is 23.3 Å². The standard InChI is InChI=1S/C20H25FN8O6S2/c1-3-29(2,7-11(22)30)6-4-5-10-8-36-18-13(17(32)28(18)14(10)19(33)34)24-16(31)12(26-35-9-21)15-25-20(23)37-27-15/h4-5,13,18H,3,6-9H2,1-2H3,(H5-,22,23,24,25,27,30,31,33,34)/p+1/b5-4+,26-12+/t13-,18-,29?/m1/s1/i11+2. The van der Waals surface area contributed by atoms with Gasteiger partial charge in [-0.25, -0.2) is 9.18 Å². The number of primary amides is 1. The number of halogens is 1. The van der Waals surface area contributed by atoms with Gasteiger partial charge in [-0.1, -0.05) is 11.2 Å². The zero-order chi connectivity index (χ0) is 27.3. The Morgan fingerprint density at radius 2 is 2.22 bits per heavy atom. The van der Waals surface area contributed by atoms with Gasteiger partial charge in [0.25, 0.3) is 24.6 Å². The number of amides is 3. The summed E-state index contributed by atoms with van der Waals surface area (Å²) in [6.45, 7) is 1.78. The lowest BCUT2D eigenvalue weighted by Gasteiger charge is -2.49. The Bertz CT molecular complexity index is 1190. The third kappa shape index (κ3) is 6.23. The van der Waals surface area contributed by atoms with Gasteiger partial charge in [0.05, 0.1) is 20.1 Å². The average Bonchev–Trinajstić information content (AvgIpc) is 3.27. The molecule has 3 amide bonds. The minimum atomic E-state index is -1.31. The van der Waals surface area contributed by atoms with Crippen LogP contribution in [0.5, 0.6) is 0 Å². The predicted octanol–water partition coefficient (Wildman–Crippen LogP) is -0.985. The Morgan fingerprint density at radius 3 is 2.78 bits per heavy atom. The fourth-order valence-electron chi connectivity index (χ4n) is 3.72. The summed E-state index contributed by atoms with van der Waals surface area (Å²) in [6, 6.07) is -1.07. The van der Waals surface area contributed by atoms with E-state index in [0.717, 1.165) is 16.4 Å². The molecular formula is C20H26FN8O6S2+. The van der Waals surface area contributed by atoms with E-state index in [1.807, 2.05) is 14.0 Å². The number of likely N-dealkylation sites (N-methyl/N-ethyl adjacent to an activating group) is 1. The van der Waals surface area contributed by atoms with Crippen molar-refractivity contribution in [3.05, 3.63) is 29.2 Å². The summed E-state index contributed by atoms with van der Waals surface area (Å²) in [5.74, 6) is -3.26. The Hall–Kier alpha value is -3.57. The molecule has 37 heavy (non-hydrogen) atoms. The molecule has 1 saturated heterocycles. The van der Waals surface area contributed by atoms with Crippen molar-refractivity contribution in [1.29, 1.82) is 0 Å². The number of oxime groups is 1. The molecule has 1 unspecified atom stereocenters. The van der Waals surface area contributed by atoms with Crippen LogP contribution in [-0.4, -0.2) is 104 Å². The van der Waals surface area contributed by atoms with E-state index in [1.165, 1.54) is 11.8 Å². The van der Waals surface area contributed by atoms with Crippen LogP contribution in [0.25, 0.3) is 0 Å². The number of β-lactam (4-membered cyclic amide) rings is 1. The normalized spacial score (nSPS) is 21.3. The van der Waals surface area contributed by atoms with Crippen LogP contribution in [0.15, 0.2) is 28.6 Å². The second-order valence-electron chi connectivity index (χ2n) is 8.32. The molecule has 17 heteroatoms. The number of nitrogens with zero attached hydrogens (tertiary/aromatic N) is 5. The van der Waals surface area contributed by atoms with E-state index in [4.69, 9.17) is 11.5 Å². The Kier molecular flexibility index (Phi) is 8.82. The van der Waals surface area contributed by atoms with E-state index in [2.05, 4.69) is 24.7 Å². The highest BCUT2D eigenvalue weighted by Crippen LogP contribution is 2.40. The number of rotatable bonds is 12. The number of nitrogens with one attached hydrogen (secondary N) is 1. The van der Waals surface area contributed by atoms with E-state index in [9.17, 15) is 28.7 Å². The van der Waals surface area contributed by atoms with E-state index in [-0.39, 0.29) is 29.0 Å². The molecule has 3 atom stereocenters. The summed E-state index contributed by atoms with van der Waals surface area (Å²) in [7, 11) is 1.85. The van der Waals surface area contributed by atoms with E-state index in [1.54, 1.807) is 12.2 Å². The number of thioether (sulfide) groups is 1. The highest BCUT2D eigenvalue weighted by molar-refractivity contribution is 8.00. The summed E-state index contributed by atoms with van der Waals surface area (Å²) in [4.78, 5) is 58.4. The lowest BCUT2D eigenvalue weighted by molar-refractivity contribution is -0.894. The number of carbonyl (C=O) groups is 4. The number of alkyl halides is 1. The third-order valence-corrected chi connectivity index (χ3v) is 7.57. The number of nitrogens with two attached hydrogens (primary N) is 2. The number of carboxylic acids is 1. The second-order valence-corrected chi connectivity index (χ2v) is 10.2. The fourth-order valence-corrected chi connectivity index (χ4v) is 5.47. The minimum absolute atomic E-state index is 0.0361. The second kappa shape index (κ2) is 11.7. The van der Waals surface area contributed by atoms with Crippen LogP contribution in [0.1, 0.15) is 12.7 Å². The number of aromatic nitrogens is 2. The number of hydrogen-bond donors (Lipinski definition) is 4. The summed E-state index contributed by atoms with van der Waals surface area (Å²) in [5, 5.41) is 15.0. The number of carbonyl (C=O) groups excluding carboxylic acids is 3. The van der Waals surface area contributed by atoms with Gasteiger partial charge in [0, 0.05) is 17.3 Å². The molecule has 2 aliphatic heterocycles. The van der Waals surface area contributed by atoms with Crippen LogP contribution in [0, 0.1) is 0 Å². The van der Waals surface area contributed by atoms with Gasteiger partial charge < -0.3 is 31.2 Å². The summed E-state index contributed by atoms with van der Waals surface area (Å²) < 4.78 is 16.7. The first-order chi connectivity index (χ1) is 17.5. The van der Waals surface area contributed by atoms with Gasteiger partial charge in [0.15, 0.2) is 11.7 Å². The van der Waals surface area contributed by atoms with Crippen LogP contribution in [-0.2, 0) is 24.0 Å². The van der Waals surface area contributed by atoms with Crippen molar-refractivity contribution in [3.8, 4) is 0 Å². The van der Waals surface area contributed by atoms with Gasteiger partial charge >= 0.3 is 5.97 Å². The van der Waals surface area contributed by atoms with Gasteiger partial charge in [-0.15, -0.1) is 11.8 Å². The Balaban J connectivity index is 1.76. The summed E-state index contributed by atoms with van der Waals surface area (Å²) >= 11 is 2.04. The molecule has 3 heterocycles. The maximum absolute atomic E-state index is 12.9. The number of nitrogen functional groups attached to an aromatic ring is 1. The number of hydrogen-bond acceptors (Lipinski definition) is 11. The van der Waals surface area contributed by atoms with Gasteiger partial charge in [-0.2, -0.15) is 9.36 Å². The van der Waals surface area contributed by atoms with Crippen LogP contribution in [0.4, 0.5) is 9.52 Å². The first-order valence-corrected chi connectivity index (χ1v) is 12.7. The molecule has 0 radical (unpaired) electrons. The largest absolute Gasteiger partial charge is 0.477 e. The highest BCUT2D eigenvalue weighted by Gasteiger charge is 2.54. The third-order valence-electron chi connectivity index (χ3n) is 5.73. The number of fused-ring (bicyclic) bond motifs is 1. The molecule has 0 aromatic carbocycles. The van der Waals surface area contributed by atoms with Crippen LogP contribution < -0.4 is 16.8 Å². The molecule has 0 saturated carbocycles.